The summed E-state index contributed by atoms with van der Waals surface area (Å²) in [6.45, 7) is 6.70. The Balaban J connectivity index is 2.10. The molecular weight excluding hydrogens is 250 g/mol. The monoisotopic (exact) mass is 276 g/mol. The van der Waals surface area contributed by atoms with Crippen LogP contribution in [0.1, 0.15) is 50.5 Å². The van der Waals surface area contributed by atoms with Crippen LogP contribution in [0.15, 0.2) is 24.4 Å². The van der Waals surface area contributed by atoms with Crippen molar-refractivity contribution >= 4 is 5.97 Å². The van der Waals surface area contributed by atoms with E-state index in [0.29, 0.717) is 23.4 Å². The maximum Gasteiger partial charge on any atom is 0.403 e. The maximum atomic E-state index is 12.4. The Morgan fingerprint density at radius 2 is 2.10 bits per heavy atom. The lowest BCUT2D eigenvalue weighted by Gasteiger charge is -2.36. The van der Waals surface area contributed by atoms with Crippen molar-refractivity contribution in [2.24, 2.45) is 24.8 Å². The van der Waals surface area contributed by atoms with Crippen molar-refractivity contribution < 1.29 is 14.1 Å². The first-order valence-electron chi connectivity index (χ1n) is 7.64. The molecule has 1 saturated carbocycles. The first-order valence-corrected chi connectivity index (χ1v) is 7.64. The molecule has 0 radical (unpaired) electrons. The van der Waals surface area contributed by atoms with Gasteiger partial charge in [0.15, 0.2) is 6.20 Å². The van der Waals surface area contributed by atoms with Gasteiger partial charge in [0, 0.05) is 12.1 Å². The number of rotatable bonds is 3. The molecule has 0 aromatic carbocycles. The third-order valence-electron chi connectivity index (χ3n) is 4.48. The standard InChI is InChI=1S/C17H26NO2/c1-12(2)14-9-8-13(3)11-16(14)20-17(19)15-7-5-6-10-18(15)4/h5-7,10,12-14,16H,8-9,11H2,1-4H3/q+1/t13-,14+,16+/m0/s1. The summed E-state index contributed by atoms with van der Waals surface area (Å²) in [5, 5.41) is 0. The molecule has 3 heteroatoms. The van der Waals surface area contributed by atoms with Gasteiger partial charge in [0.05, 0.1) is 0 Å². The van der Waals surface area contributed by atoms with Crippen molar-refractivity contribution in [3.63, 3.8) is 0 Å². The zero-order valence-corrected chi connectivity index (χ0v) is 13.0. The number of carbonyl (C=O) groups is 1. The zero-order valence-electron chi connectivity index (χ0n) is 13.0. The zero-order chi connectivity index (χ0) is 14.7. The number of pyridine rings is 1. The Morgan fingerprint density at radius 3 is 2.75 bits per heavy atom. The molecule has 1 aromatic rings. The highest BCUT2D eigenvalue weighted by molar-refractivity contribution is 5.85. The van der Waals surface area contributed by atoms with Crippen molar-refractivity contribution in [1.29, 1.82) is 0 Å². The molecule has 1 aliphatic carbocycles. The maximum absolute atomic E-state index is 12.4. The molecule has 3 atom stereocenters. The van der Waals surface area contributed by atoms with E-state index in [9.17, 15) is 4.79 Å². The van der Waals surface area contributed by atoms with Crippen molar-refractivity contribution in [2.75, 3.05) is 0 Å². The number of esters is 1. The Bertz CT molecular complexity index is 470. The number of hydrogen-bond donors (Lipinski definition) is 0. The summed E-state index contributed by atoms with van der Waals surface area (Å²) in [7, 11) is 1.88. The highest BCUT2D eigenvalue weighted by Gasteiger charge is 2.34. The van der Waals surface area contributed by atoms with Gasteiger partial charge < -0.3 is 4.74 Å². The van der Waals surface area contributed by atoms with Crippen LogP contribution >= 0.6 is 0 Å². The van der Waals surface area contributed by atoms with Gasteiger partial charge in [-0.3, -0.25) is 0 Å². The topological polar surface area (TPSA) is 30.2 Å². The number of nitrogens with zero attached hydrogens (tertiary/aromatic N) is 1. The van der Waals surface area contributed by atoms with Crippen LogP contribution in [-0.4, -0.2) is 12.1 Å². The molecule has 0 amide bonds. The number of aromatic nitrogens is 1. The van der Waals surface area contributed by atoms with Crippen LogP contribution in [0.5, 0.6) is 0 Å². The van der Waals surface area contributed by atoms with Crippen LogP contribution in [0.25, 0.3) is 0 Å². The van der Waals surface area contributed by atoms with E-state index in [4.69, 9.17) is 4.74 Å². The van der Waals surface area contributed by atoms with Crippen LogP contribution in [0, 0.1) is 17.8 Å². The third-order valence-corrected chi connectivity index (χ3v) is 4.48. The lowest BCUT2D eigenvalue weighted by Crippen LogP contribution is -2.40. The Kier molecular flexibility index (Phi) is 4.79. The minimum atomic E-state index is -0.196. The third kappa shape index (κ3) is 3.38. The van der Waals surface area contributed by atoms with Gasteiger partial charge in [-0.15, -0.1) is 0 Å². The molecule has 0 spiro atoms. The van der Waals surface area contributed by atoms with Gasteiger partial charge in [0.2, 0.25) is 0 Å². The second-order valence-electron chi connectivity index (χ2n) is 6.47. The van der Waals surface area contributed by atoms with Crippen LogP contribution in [0.4, 0.5) is 0 Å². The van der Waals surface area contributed by atoms with Crippen LogP contribution in [-0.2, 0) is 11.8 Å². The lowest BCUT2D eigenvalue weighted by atomic mass is 9.75. The first-order chi connectivity index (χ1) is 9.49. The number of aryl methyl sites for hydroxylation is 1. The number of hydrogen-bond acceptors (Lipinski definition) is 2. The van der Waals surface area contributed by atoms with E-state index < -0.39 is 0 Å². The van der Waals surface area contributed by atoms with E-state index in [-0.39, 0.29) is 12.1 Å². The Morgan fingerprint density at radius 1 is 1.35 bits per heavy atom. The summed E-state index contributed by atoms with van der Waals surface area (Å²) in [4.78, 5) is 12.4. The predicted octanol–water partition coefficient (Wildman–Crippen LogP) is 3.13. The average Bonchev–Trinajstić information content (AvgIpc) is 2.38. The minimum absolute atomic E-state index is 0.0615. The number of carbonyl (C=O) groups excluding carboxylic acids is 1. The molecule has 1 heterocycles. The van der Waals surface area contributed by atoms with Crippen LogP contribution in [0.3, 0.4) is 0 Å². The molecular formula is C17H26NO2+. The molecule has 1 aliphatic rings. The van der Waals surface area contributed by atoms with E-state index in [2.05, 4.69) is 20.8 Å². The minimum Gasteiger partial charge on any atom is -0.454 e. The SMILES string of the molecule is CC(C)[C@H]1CC[C@H](C)C[C@H]1OC(=O)c1cccc[n+]1C. The fourth-order valence-electron chi connectivity index (χ4n) is 3.18. The van der Waals surface area contributed by atoms with Crippen molar-refractivity contribution in [2.45, 2.75) is 46.1 Å². The van der Waals surface area contributed by atoms with E-state index in [1.165, 1.54) is 6.42 Å². The molecule has 0 N–H and O–H groups in total. The normalized spacial score (nSPS) is 26.6. The first kappa shape index (κ1) is 15.0. The van der Waals surface area contributed by atoms with Crippen molar-refractivity contribution in [3.8, 4) is 0 Å². The van der Waals surface area contributed by atoms with E-state index in [1.807, 2.05) is 36.0 Å². The molecule has 0 unspecified atom stereocenters. The van der Waals surface area contributed by atoms with Gasteiger partial charge >= 0.3 is 5.97 Å². The largest absolute Gasteiger partial charge is 0.454 e. The van der Waals surface area contributed by atoms with Gasteiger partial charge in [0.1, 0.15) is 13.2 Å². The van der Waals surface area contributed by atoms with Gasteiger partial charge in [-0.2, -0.15) is 4.57 Å². The summed E-state index contributed by atoms with van der Waals surface area (Å²) in [5.41, 5.74) is 0.619. The predicted molar refractivity (Wildman–Crippen MR) is 78.2 cm³/mol. The molecule has 0 aliphatic heterocycles. The molecule has 3 nitrogen and oxygen atoms in total. The molecule has 1 fully saturated rings. The fraction of sp³-hybridized carbons (Fsp3) is 0.647. The molecule has 0 bridgehead atoms. The molecule has 2 rings (SSSR count). The lowest BCUT2D eigenvalue weighted by molar-refractivity contribution is -0.674. The molecule has 1 aromatic heterocycles. The smallest absolute Gasteiger partial charge is 0.403 e. The highest BCUT2D eigenvalue weighted by Crippen LogP contribution is 2.35. The fourth-order valence-corrected chi connectivity index (χ4v) is 3.18. The summed E-state index contributed by atoms with van der Waals surface area (Å²) < 4.78 is 7.66. The summed E-state index contributed by atoms with van der Waals surface area (Å²) in [6, 6.07) is 5.61. The van der Waals surface area contributed by atoms with Gasteiger partial charge in [-0.25, -0.2) is 4.79 Å². The average molecular weight is 276 g/mol. The van der Waals surface area contributed by atoms with Crippen molar-refractivity contribution in [3.05, 3.63) is 30.1 Å². The van der Waals surface area contributed by atoms with E-state index in [1.54, 1.807) is 0 Å². The van der Waals surface area contributed by atoms with Crippen LogP contribution < -0.4 is 4.57 Å². The molecule has 20 heavy (non-hydrogen) atoms. The van der Waals surface area contributed by atoms with Crippen LogP contribution in [0.2, 0.25) is 0 Å². The number of ether oxygens (including phenoxy) is 1. The van der Waals surface area contributed by atoms with Gasteiger partial charge in [0.25, 0.3) is 5.69 Å². The Labute approximate surface area is 122 Å². The van der Waals surface area contributed by atoms with E-state index in [0.717, 1.165) is 12.8 Å². The highest BCUT2D eigenvalue weighted by atomic mass is 16.5. The van der Waals surface area contributed by atoms with Gasteiger partial charge in [-0.05, 0) is 36.7 Å². The molecule has 110 valence electrons. The van der Waals surface area contributed by atoms with E-state index >= 15 is 0 Å². The summed E-state index contributed by atoms with van der Waals surface area (Å²) in [5.74, 6) is 1.50. The van der Waals surface area contributed by atoms with Gasteiger partial charge in [-0.1, -0.05) is 27.2 Å². The summed E-state index contributed by atoms with van der Waals surface area (Å²) >= 11 is 0. The Hall–Kier alpha value is -1.38. The van der Waals surface area contributed by atoms with Crippen molar-refractivity contribution in [1.82, 2.24) is 0 Å². The summed E-state index contributed by atoms with van der Waals surface area (Å²) in [6.07, 6.45) is 5.34. The molecule has 0 saturated heterocycles. The second-order valence-corrected chi connectivity index (χ2v) is 6.47. The second kappa shape index (κ2) is 6.38. The quantitative estimate of drug-likeness (QED) is 0.627.